The fourth-order valence-electron chi connectivity index (χ4n) is 7.37. The number of carbonyl (C=O) groups excluding carboxylic acids is 1. The number of allylic oxidation sites excluding steroid dienone is 2. The Labute approximate surface area is 135 Å². The molecule has 0 amide bonds. The van der Waals surface area contributed by atoms with Crippen molar-refractivity contribution in [1.82, 2.24) is 0 Å². The molecule has 6 atom stereocenters. The molecule has 4 aliphatic rings. The highest BCUT2D eigenvalue weighted by Crippen LogP contribution is 2.67. The van der Waals surface area contributed by atoms with Crippen LogP contribution in [-0.2, 0) is 4.79 Å². The zero-order valence-corrected chi connectivity index (χ0v) is 14.7. The summed E-state index contributed by atoms with van der Waals surface area (Å²) in [6.07, 6.45) is 13.7. The number of carbonyl (C=O) groups is 1. The van der Waals surface area contributed by atoms with E-state index in [9.17, 15) is 4.79 Å². The van der Waals surface area contributed by atoms with Crippen molar-refractivity contribution >= 4 is 5.78 Å². The van der Waals surface area contributed by atoms with E-state index in [4.69, 9.17) is 0 Å². The van der Waals surface area contributed by atoms with Crippen molar-refractivity contribution < 1.29 is 4.79 Å². The molecule has 4 aliphatic carbocycles. The third-order valence-corrected chi connectivity index (χ3v) is 8.68. The summed E-state index contributed by atoms with van der Waals surface area (Å²) in [7, 11) is 0. The van der Waals surface area contributed by atoms with Gasteiger partial charge in [0.05, 0.1) is 0 Å². The van der Waals surface area contributed by atoms with Crippen LogP contribution < -0.4 is 0 Å². The Hall–Kier alpha value is -0.590. The molecule has 1 nitrogen and oxygen atoms in total. The number of rotatable bonds is 0. The minimum Gasteiger partial charge on any atom is -0.300 e. The summed E-state index contributed by atoms with van der Waals surface area (Å²) in [6.45, 7) is 7.37. The SMILES string of the molecule is CC=C1CC[C@H]2[C@@H]3CCC4CC(=O)CC[C@]4(C)[C@H]3CC[C@]12C. The molecular formula is C21H32O. The second-order valence-electron chi connectivity index (χ2n) is 9.21. The van der Waals surface area contributed by atoms with Crippen molar-refractivity contribution in [2.24, 2.45) is 34.5 Å². The van der Waals surface area contributed by atoms with E-state index in [0.29, 0.717) is 22.5 Å². The van der Waals surface area contributed by atoms with Crippen molar-refractivity contribution in [3.8, 4) is 0 Å². The number of hydrogen-bond donors (Lipinski definition) is 0. The Kier molecular flexibility index (Phi) is 3.37. The van der Waals surface area contributed by atoms with Gasteiger partial charge in [-0.3, -0.25) is 4.79 Å². The molecule has 0 saturated heterocycles. The van der Waals surface area contributed by atoms with E-state index < -0.39 is 0 Å². The van der Waals surface area contributed by atoms with Crippen molar-refractivity contribution in [3.05, 3.63) is 11.6 Å². The second kappa shape index (κ2) is 4.95. The quantitative estimate of drug-likeness (QED) is 0.536. The van der Waals surface area contributed by atoms with Gasteiger partial charge in [0.25, 0.3) is 0 Å². The van der Waals surface area contributed by atoms with E-state index in [-0.39, 0.29) is 0 Å². The Balaban J connectivity index is 1.65. The van der Waals surface area contributed by atoms with Crippen LogP contribution in [0.1, 0.15) is 78.6 Å². The van der Waals surface area contributed by atoms with Crippen LogP contribution in [0, 0.1) is 34.5 Å². The van der Waals surface area contributed by atoms with Gasteiger partial charge >= 0.3 is 0 Å². The van der Waals surface area contributed by atoms with Crippen LogP contribution >= 0.6 is 0 Å². The molecule has 0 aromatic heterocycles. The van der Waals surface area contributed by atoms with E-state index in [1.54, 1.807) is 5.57 Å². The van der Waals surface area contributed by atoms with Gasteiger partial charge in [0.2, 0.25) is 0 Å². The minimum absolute atomic E-state index is 0.469. The molecule has 0 radical (unpaired) electrons. The highest BCUT2D eigenvalue weighted by Gasteiger charge is 2.58. The Bertz CT molecular complexity index is 518. The first-order valence-corrected chi connectivity index (χ1v) is 9.66. The molecule has 0 aromatic carbocycles. The van der Waals surface area contributed by atoms with Crippen molar-refractivity contribution in [3.63, 3.8) is 0 Å². The van der Waals surface area contributed by atoms with E-state index in [0.717, 1.165) is 30.6 Å². The first kappa shape index (κ1) is 15.0. The molecule has 0 heterocycles. The van der Waals surface area contributed by atoms with Crippen LogP contribution in [0.25, 0.3) is 0 Å². The maximum Gasteiger partial charge on any atom is 0.133 e. The molecule has 122 valence electrons. The zero-order valence-electron chi connectivity index (χ0n) is 14.7. The van der Waals surface area contributed by atoms with E-state index in [1.165, 1.54) is 44.9 Å². The van der Waals surface area contributed by atoms with Gasteiger partial charge in [0.1, 0.15) is 5.78 Å². The van der Waals surface area contributed by atoms with Crippen molar-refractivity contribution in [2.45, 2.75) is 78.6 Å². The summed E-state index contributed by atoms with van der Waals surface area (Å²) in [5, 5.41) is 0. The summed E-state index contributed by atoms with van der Waals surface area (Å²) in [5.74, 6) is 3.99. The largest absolute Gasteiger partial charge is 0.300 e. The monoisotopic (exact) mass is 300 g/mol. The minimum atomic E-state index is 0.469. The lowest BCUT2D eigenvalue weighted by molar-refractivity contribution is -0.136. The van der Waals surface area contributed by atoms with Crippen molar-refractivity contribution in [1.29, 1.82) is 0 Å². The predicted molar refractivity (Wildman–Crippen MR) is 90.5 cm³/mol. The average Bonchev–Trinajstić information content (AvgIpc) is 2.84. The molecule has 4 saturated carbocycles. The van der Waals surface area contributed by atoms with Crippen LogP contribution in [0.4, 0.5) is 0 Å². The average molecular weight is 300 g/mol. The van der Waals surface area contributed by atoms with Gasteiger partial charge in [-0.15, -0.1) is 0 Å². The van der Waals surface area contributed by atoms with Gasteiger partial charge in [0, 0.05) is 12.8 Å². The maximum absolute atomic E-state index is 11.9. The Morgan fingerprint density at radius 1 is 1.00 bits per heavy atom. The lowest BCUT2D eigenvalue weighted by Gasteiger charge is -2.59. The topological polar surface area (TPSA) is 17.1 Å². The fraction of sp³-hybridized carbons (Fsp3) is 0.857. The number of hydrogen-bond acceptors (Lipinski definition) is 1. The number of ketones is 1. The van der Waals surface area contributed by atoms with Gasteiger partial charge < -0.3 is 0 Å². The van der Waals surface area contributed by atoms with Gasteiger partial charge in [-0.25, -0.2) is 0 Å². The van der Waals surface area contributed by atoms with Crippen LogP contribution in [0.3, 0.4) is 0 Å². The van der Waals surface area contributed by atoms with E-state index in [1.807, 2.05) is 0 Å². The third kappa shape index (κ3) is 1.86. The molecular weight excluding hydrogens is 268 g/mol. The summed E-state index contributed by atoms with van der Waals surface area (Å²) in [5.41, 5.74) is 2.72. The summed E-state index contributed by atoms with van der Waals surface area (Å²) >= 11 is 0. The van der Waals surface area contributed by atoms with Gasteiger partial charge in [0.15, 0.2) is 0 Å². The lowest BCUT2D eigenvalue weighted by Crippen LogP contribution is -2.52. The molecule has 0 spiro atoms. The molecule has 0 aromatic rings. The third-order valence-electron chi connectivity index (χ3n) is 8.68. The number of fused-ring (bicyclic) bond motifs is 5. The highest BCUT2D eigenvalue weighted by atomic mass is 16.1. The van der Waals surface area contributed by atoms with Crippen LogP contribution in [0.5, 0.6) is 0 Å². The maximum atomic E-state index is 11.9. The van der Waals surface area contributed by atoms with E-state index in [2.05, 4.69) is 26.8 Å². The standard InChI is InChI=1S/C21H32O/c1-4-14-6-8-18-17-7-5-15-13-16(22)9-11-21(15,3)19(17)10-12-20(14,18)2/h4,15,17-19H,5-13H2,1-3H3/t15?,17-,18-,19-,20+,21-/m0/s1. The summed E-state index contributed by atoms with van der Waals surface area (Å²) in [4.78, 5) is 11.9. The first-order valence-electron chi connectivity index (χ1n) is 9.66. The van der Waals surface area contributed by atoms with Gasteiger partial charge in [-0.05, 0) is 86.4 Å². The highest BCUT2D eigenvalue weighted by molar-refractivity contribution is 5.79. The van der Waals surface area contributed by atoms with Crippen molar-refractivity contribution in [2.75, 3.05) is 0 Å². The van der Waals surface area contributed by atoms with Gasteiger partial charge in [-0.2, -0.15) is 0 Å². The Morgan fingerprint density at radius 2 is 1.82 bits per heavy atom. The lowest BCUT2D eigenvalue weighted by atomic mass is 9.45. The summed E-state index contributed by atoms with van der Waals surface area (Å²) < 4.78 is 0. The predicted octanol–water partition coefficient (Wildman–Crippen LogP) is 5.54. The number of Topliss-reactive ketones (excluding diaryl/α,β-unsaturated/α-hetero) is 1. The molecule has 0 bridgehead atoms. The second-order valence-corrected chi connectivity index (χ2v) is 9.21. The normalized spacial score (nSPS) is 53.0. The molecule has 1 unspecified atom stereocenters. The van der Waals surface area contributed by atoms with Crippen LogP contribution in [0.15, 0.2) is 11.6 Å². The zero-order chi connectivity index (χ0) is 15.5. The molecule has 0 aliphatic heterocycles. The van der Waals surface area contributed by atoms with Crippen LogP contribution in [0.2, 0.25) is 0 Å². The molecule has 0 N–H and O–H groups in total. The molecule has 4 fully saturated rings. The first-order chi connectivity index (χ1) is 10.5. The van der Waals surface area contributed by atoms with Gasteiger partial charge in [-0.1, -0.05) is 25.5 Å². The summed E-state index contributed by atoms with van der Waals surface area (Å²) in [6, 6.07) is 0. The molecule has 22 heavy (non-hydrogen) atoms. The van der Waals surface area contributed by atoms with E-state index >= 15 is 0 Å². The molecule has 4 rings (SSSR count). The molecule has 1 heteroatoms. The van der Waals surface area contributed by atoms with Crippen LogP contribution in [-0.4, -0.2) is 5.78 Å². The Morgan fingerprint density at radius 3 is 2.59 bits per heavy atom. The smallest absolute Gasteiger partial charge is 0.133 e. The fourth-order valence-corrected chi connectivity index (χ4v) is 7.37.